The maximum Gasteiger partial charge on any atom is 0.259 e. The molecule has 0 unspecified atom stereocenters. The van der Waals surface area contributed by atoms with Crippen molar-refractivity contribution in [3.63, 3.8) is 0 Å². The van der Waals surface area contributed by atoms with Gasteiger partial charge < -0.3 is 5.32 Å². The molecule has 0 spiro atoms. The number of rotatable bonds is 3. The Morgan fingerprint density at radius 1 is 1.19 bits per heavy atom. The van der Waals surface area contributed by atoms with Crippen LogP contribution in [0.2, 0.25) is 0 Å². The third kappa shape index (κ3) is 2.73. The van der Waals surface area contributed by atoms with E-state index in [1.54, 1.807) is 0 Å². The third-order valence-corrected chi connectivity index (χ3v) is 4.16. The second-order valence-electron chi connectivity index (χ2n) is 4.74. The second-order valence-corrected chi connectivity index (χ2v) is 5.77. The van der Waals surface area contributed by atoms with Gasteiger partial charge in [-0.05, 0) is 36.8 Å². The van der Waals surface area contributed by atoms with Crippen molar-refractivity contribution in [1.29, 1.82) is 0 Å². The highest BCUT2D eigenvalue weighted by atomic mass is 32.1. The van der Waals surface area contributed by atoms with Gasteiger partial charge in [0.1, 0.15) is 0 Å². The van der Waals surface area contributed by atoms with Gasteiger partial charge in [0.05, 0.1) is 15.8 Å². The molecule has 3 aromatic rings. The Morgan fingerprint density at radius 3 is 2.76 bits per heavy atom. The summed E-state index contributed by atoms with van der Waals surface area (Å²) in [7, 11) is 1.81. The fourth-order valence-corrected chi connectivity index (χ4v) is 3.01. The lowest BCUT2D eigenvalue weighted by atomic mass is 10.1. The van der Waals surface area contributed by atoms with Crippen molar-refractivity contribution >= 4 is 38.3 Å². The lowest BCUT2D eigenvalue weighted by Crippen LogP contribution is -2.13. The maximum absolute atomic E-state index is 12.4. The van der Waals surface area contributed by atoms with Gasteiger partial charge in [-0.25, -0.2) is 4.98 Å². The second kappa shape index (κ2) is 5.54. The van der Waals surface area contributed by atoms with Crippen LogP contribution in [-0.4, -0.2) is 17.9 Å². The fraction of sp³-hybridized carbons (Fsp3) is 0.125. The minimum absolute atomic E-state index is 0.154. The molecule has 2 N–H and O–H groups in total. The first-order valence-electron chi connectivity index (χ1n) is 6.62. The number of benzene rings is 2. The number of anilines is 2. The topological polar surface area (TPSA) is 54.0 Å². The monoisotopic (exact) mass is 297 g/mol. The zero-order valence-corrected chi connectivity index (χ0v) is 12.6. The van der Waals surface area contributed by atoms with Crippen molar-refractivity contribution in [1.82, 2.24) is 4.98 Å². The number of aromatic nitrogens is 1. The highest BCUT2D eigenvalue weighted by molar-refractivity contribution is 7.22. The summed E-state index contributed by atoms with van der Waals surface area (Å²) in [5.74, 6) is -0.154. The molecule has 0 radical (unpaired) electrons. The van der Waals surface area contributed by atoms with Crippen LogP contribution in [0.15, 0.2) is 42.5 Å². The number of para-hydroxylation sites is 1. The number of carbonyl (C=O) groups excluding carboxylic acids is 1. The molecule has 1 heterocycles. The highest BCUT2D eigenvalue weighted by Gasteiger charge is 2.13. The molecule has 2 aromatic carbocycles. The molecule has 5 heteroatoms. The van der Waals surface area contributed by atoms with E-state index in [0.29, 0.717) is 10.7 Å². The smallest absolute Gasteiger partial charge is 0.259 e. The molecule has 0 bridgehead atoms. The Labute approximate surface area is 126 Å². The van der Waals surface area contributed by atoms with Gasteiger partial charge in [-0.1, -0.05) is 29.5 Å². The molecule has 1 aromatic heterocycles. The van der Waals surface area contributed by atoms with Crippen molar-refractivity contribution in [3.8, 4) is 0 Å². The molecule has 0 aliphatic rings. The summed E-state index contributed by atoms with van der Waals surface area (Å²) in [5.41, 5.74) is 3.43. The number of carbonyl (C=O) groups is 1. The molecule has 21 heavy (non-hydrogen) atoms. The van der Waals surface area contributed by atoms with Gasteiger partial charge in [0.2, 0.25) is 0 Å². The molecule has 0 atom stereocenters. The van der Waals surface area contributed by atoms with E-state index in [9.17, 15) is 4.79 Å². The largest absolute Gasteiger partial charge is 0.387 e. The molecular weight excluding hydrogens is 282 g/mol. The van der Waals surface area contributed by atoms with E-state index >= 15 is 0 Å². The number of hydrogen-bond donors (Lipinski definition) is 2. The molecule has 0 aliphatic carbocycles. The number of nitrogens with one attached hydrogen (secondary N) is 2. The van der Waals surface area contributed by atoms with E-state index in [1.165, 1.54) is 11.3 Å². The first kappa shape index (κ1) is 13.6. The number of thiazole rings is 1. The van der Waals surface area contributed by atoms with Crippen LogP contribution in [-0.2, 0) is 0 Å². The van der Waals surface area contributed by atoms with Crippen molar-refractivity contribution in [3.05, 3.63) is 53.6 Å². The number of nitrogens with zero attached hydrogens (tertiary/aromatic N) is 1. The zero-order chi connectivity index (χ0) is 14.8. The number of fused-ring (bicyclic) bond motifs is 1. The molecule has 0 saturated carbocycles. The number of hydrogen-bond acceptors (Lipinski definition) is 4. The first-order chi connectivity index (χ1) is 10.2. The van der Waals surface area contributed by atoms with Crippen LogP contribution in [0.5, 0.6) is 0 Å². The van der Waals surface area contributed by atoms with E-state index in [2.05, 4.69) is 15.6 Å². The minimum Gasteiger partial charge on any atom is -0.387 e. The molecule has 106 valence electrons. The van der Waals surface area contributed by atoms with Crippen molar-refractivity contribution < 1.29 is 4.79 Å². The summed E-state index contributed by atoms with van der Waals surface area (Å²) in [4.78, 5) is 16.8. The first-order valence-corrected chi connectivity index (χ1v) is 7.44. The Kier molecular flexibility index (Phi) is 3.58. The van der Waals surface area contributed by atoms with E-state index in [1.807, 2.05) is 56.4 Å². The number of aryl methyl sites for hydroxylation is 1. The van der Waals surface area contributed by atoms with E-state index in [0.717, 1.165) is 21.5 Å². The molecule has 0 fully saturated rings. The average Bonchev–Trinajstić information content (AvgIpc) is 2.88. The van der Waals surface area contributed by atoms with Crippen LogP contribution in [0.1, 0.15) is 15.9 Å². The normalized spacial score (nSPS) is 10.6. The molecule has 1 amide bonds. The molecule has 4 nitrogen and oxygen atoms in total. The van der Waals surface area contributed by atoms with Crippen LogP contribution in [0.25, 0.3) is 10.2 Å². The van der Waals surface area contributed by atoms with E-state index in [-0.39, 0.29) is 5.91 Å². The zero-order valence-electron chi connectivity index (χ0n) is 11.8. The Bertz CT molecular complexity index is 777. The Balaban J connectivity index is 1.89. The van der Waals surface area contributed by atoms with Crippen LogP contribution < -0.4 is 10.6 Å². The summed E-state index contributed by atoms with van der Waals surface area (Å²) >= 11 is 1.47. The average molecular weight is 297 g/mol. The van der Waals surface area contributed by atoms with Crippen molar-refractivity contribution in [2.75, 3.05) is 17.7 Å². The minimum atomic E-state index is -0.154. The lowest BCUT2D eigenvalue weighted by Gasteiger charge is -2.09. The van der Waals surface area contributed by atoms with Gasteiger partial charge >= 0.3 is 0 Å². The van der Waals surface area contributed by atoms with Crippen LogP contribution in [0.3, 0.4) is 0 Å². The van der Waals surface area contributed by atoms with Crippen molar-refractivity contribution in [2.24, 2.45) is 0 Å². The van der Waals surface area contributed by atoms with Gasteiger partial charge in [-0.2, -0.15) is 0 Å². The standard InChI is InChI=1S/C16H15N3OS/c1-10-7-8-11(13(9-10)17-2)15(20)19-16-18-12-5-3-4-6-14(12)21-16/h3-9,17H,1-2H3,(H,18,19,20). The lowest BCUT2D eigenvalue weighted by molar-refractivity contribution is 0.102. The summed E-state index contributed by atoms with van der Waals surface area (Å²) < 4.78 is 1.06. The van der Waals surface area contributed by atoms with Crippen LogP contribution in [0.4, 0.5) is 10.8 Å². The maximum atomic E-state index is 12.4. The van der Waals surface area contributed by atoms with Gasteiger partial charge in [0.15, 0.2) is 5.13 Å². The van der Waals surface area contributed by atoms with Gasteiger partial charge in [-0.3, -0.25) is 10.1 Å². The van der Waals surface area contributed by atoms with Gasteiger partial charge in [0.25, 0.3) is 5.91 Å². The predicted octanol–water partition coefficient (Wildman–Crippen LogP) is 3.90. The van der Waals surface area contributed by atoms with Gasteiger partial charge in [-0.15, -0.1) is 0 Å². The van der Waals surface area contributed by atoms with E-state index in [4.69, 9.17) is 0 Å². The summed E-state index contributed by atoms with van der Waals surface area (Å²) in [6.45, 7) is 2.00. The quantitative estimate of drug-likeness (QED) is 0.771. The molecule has 3 rings (SSSR count). The summed E-state index contributed by atoms with van der Waals surface area (Å²) in [6.07, 6.45) is 0. The van der Waals surface area contributed by atoms with Gasteiger partial charge in [0, 0.05) is 12.7 Å². The SMILES string of the molecule is CNc1cc(C)ccc1C(=O)Nc1nc2ccccc2s1. The highest BCUT2D eigenvalue weighted by Crippen LogP contribution is 2.26. The van der Waals surface area contributed by atoms with Crippen LogP contribution in [0, 0.1) is 6.92 Å². The Hall–Kier alpha value is -2.40. The summed E-state index contributed by atoms with van der Waals surface area (Å²) in [5, 5.41) is 6.54. The van der Waals surface area contributed by atoms with E-state index < -0.39 is 0 Å². The van der Waals surface area contributed by atoms with Crippen molar-refractivity contribution in [2.45, 2.75) is 6.92 Å². The van der Waals surface area contributed by atoms with Crippen LogP contribution >= 0.6 is 11.3 Å². The Morgan fingerprint density at radius 2 is 2.00 bits per heavy atom. The fourth-order valence-electron chi connectivity index (χ4n) is 2.15. The number of amides is 1. The third-order valence-electron chi connectivity index (χ3n) is 3.20. The summed E-state index contributed by atoms with van der Waals surface area (Å²) in [6, 6.07) is 13.5. The predicted molar refractivity (Wildman–Crippen MR) is 88.3 cm³/mol. The molecular formula is C16H15N3OS. The molecule has 0 saturated heterocycles. The molecule has 0 aliphatic heterocycles.